The molecule has 0 radical (unpaired) electrons. The standard InChI is InChI=1S/C12H20N6O/c1-3-9-15-11(17-13)8(2)12(16-9)18-6-4-10(19)14-5-7-18/h3-7,13H2,1-2H3,(H,14,19)(H,15,16,17). The smallest absolute Gasteiger partial charge is 0.221 e. The van der Waals surface area contributed by atoms with Gasteiger partial charge in [0.25, 0.3) is 0 Å². The number of amides is 1. The molecule has 0 spiro atoms. The highest BCUT2D eigenvalue weighted by Gasteiger charge is 2.19. The zero-order valence-corrected chi connectivity index (χ0v) is 11.4. The van der Waals surface area contributed by atoms with Crippen LogP contribution in [0.4, 0.5) is 11.6 Å². The van der Waals surface area contributed by atoms with E-state index in [1.54, 1.807) is 0 Å². The SMILES string of the molecule is CCc1nc(NN)c(C)c(N2CCNC(=O)CC2)n1. The van der Waals surface area contributed by atoms with Crippen molar-refractivity contribution in [2.75, 3.05) is 30.0 Å². The van der Waals surface area contributed by atoms with Crippen LogP contribution in [0.1, 0.15) is 24.7 Å². The van der Waals surface area contributed by atoms with Crippen LogP contribution in [-0.4, -0.2) is 35.5 Å². The second kappa shape index (κ2) is 5.83. The van der Waals surface area contributed by atoms with E-state index in [0.29, 0.717) is 25.3 Å². The topological polar surface area (TPSA) is 96.2 Å². The van der Waals surface area contributed by atoms with Crippen LogP contribution in [0, 0.1) is 6.92 Å². The van der Waals surface area contributed by atoms with Crippen molar-refractivity contribution in [1.29, 1.82) is 0 Å². The summed E-state index contributed by atoms with van der Waals surface area (Å²) in [6.45, 7) is 5.98. The van der Waals surface area contributed by atoms with Gasteiger partial charge in [-0.15, -0.1) is 0 Å². The molecule has 1 saturated heterocycles. The van der Waals surface area contributed by atoms with Crippen LogP contribution in [0.15, 0.2) is 0 Å². The van der Waals surface area contributed by atoms with Crippen LogP contribution in [0.3, 0.4) is 0 Å². The highest BCUT2D eigenvalue weighted by molar-refractivity contribution is 5.77. The highest BCUT2D eigenvalue weighted by atomic mass is 16.1. The average Bonchev–Trinajstić information content (AvgIpc) is 2.64. The molecular weight excluding hydrogens is 244 g/mol. The lowest BCUT2D eigenvalue weighted by molar-refractivity contribution is -0.120. The molecular formula is C12H20N6O. The normalized spacial score (nSPS) is 15.9. The molecule has 2 heterocycles. The maximum Gasteiger partial charge on any atom is 0.221 e. The maximum atomic E-state index is 11.4. The Morgan fingerprint density at radius 2 is 2.21 bits per heavy atom. The summed E-state index contributed by atoms with van der Waals surface area (Å²) in [5.41, 5.74) is 3.52. The number of nitrogens with two attached hydrogens (primary N) is 1. The average molecular weight is 264 g/mol. The quantitative estimate of drug-likeness (QED) is 0.523. The van der Waals surface area contributed by atoms with E-state index < -0.39 is 0 Å². The zero-order valence-electron chi connectivity index (χ0n) is 11.4. The van der Waals surface area contributed by atoms with Crippen molar-refractivity contribution in [3.05, 3.63) is 11.4 Å². The van der Waals surface area contributed by atoms with E-state index in [4.69, 9.17) is 5.84 Å². The summed E-state index contributed by atoms with van der Waals surface area (Å²) in [6, 6.07) is 0. The third-order valence-corrected chi connectivity index (χ3v) is 3.23. The molecule has 1 aliphatic heterocycles. The Morgan fingerprint density at radius 3 is 2.89 bits per heavy atom. The van der Waals surface area contributed by atoms with Gasteiger partial charge in [-0.05, 0) is 6.92 Å². The van der Waals surface area contributed by atoms with E-state index in [0.717, 1.165) is 30.2 Å². The van der Waals surface area contributed by atoms with E-state index in [1.165, 1.54) is 0 Å². The van der Waals surface area contributed by atoms with E-state index in [1.807, 2.05) is 13.8 Å². The second-order valence-electron chi connectivity index (χ2n) is 4.52. The van der Waals surface area contributed by atoms with Crippen molar-refractivity contribution in [3.63, 3.8) is 0 Å². The van der Waals surface area contributed by atoms with Crippen molar-refractivity contribution in [2.24, 2.45) is 5.84 Å². The molecule has 7 nitrogen and oxygen atoms in total. The summed E-state index contributed by atoms with van der Waals surface area (Å²) < 4.78 is 0. The molecule has 1 aromatic rings. The largest absolute Gasteiger partial charge is 0.354 e. The molecule has 19 heavy (non-hydrogen) atoms. The van der Waals surface area contributed by atoms with Gasteiger partial charge in [-0.2, -0.15) is 0 Å². The van der Waals surface area contributed by atoms with Gasteiger partial charge in [0, 0.05) is 38.0 Å². The summed E-state index contributed by atoms with van der Waals surface area (Å²) in [7, 11) is 0. The molecule has 1 fully saturated rings. The number of anilines is 2. The van der Waals surface area contributed by atoms with Gasteiger partial charge in [0.15, 0.2) is 0 Å². The van der Waals surface area contributed by atoms with Gasteiger partial charge in [-0.1, -0.05) is 6.92 Å². The van der Waals surface area contributed by atoms with E-state index in [-0.39, 0.29) is 5.91 Å². The number of carbonyl (C=O) groups is 1. The predicted molar refractivity (Wildman–Crippen MR) is 73.8 cm³/mol. The molecule has 0 aliphatic carbocycles. The van der Waals surface area contributed by atoms with Gasteiger partial charge in [0.2, 0.25) is 5.91 Å². The van der Waals surface area contributed by atoms with Crippen molar-refractivity contribution < 1.29 is 4.79 Å². The van der Waals surface area contributed by atoms with Gasteiger partial charge < -0.3 is 15.6 Å². The maximum absolute atomic E-state index is 11.4. The van der Waals surface area contributed by atoms with Crippen molar-refractivity contribution >= 4 is 17.5 Å². The molecule has 0 aromatic carbocycles. The summed E-state index contributed by atoms with van der Waals surface area (Å²) in [4.78, 5) is 22.4. The summed E-state index contributed by atoms with van der Waals surface area (Å²) in [5.74, 6) is 7.83. The number of nitrogens with one attached hydrogen (secondary N) is 2. The predicted octanol–water partition coefficient (Wildman–Crippen LogP) is -0.0407. The minimum absolute atomic E-state index is 0.0853. The van der Waals surface area contributed by atoms with Gasteiger partial charge in [0.05, 0.1) is 0 Å². The van der Waals surface area contributed by atoms with Crippen molar-refractivity contribution in [3.8, 4) is 0 Å². The summed E-state index contributed by atoms with van der Waals surface area (Å²) >= 11 is 0. The first kappa shape index (κ1) is 13.5. The number of carbonyl (C=O) groups excluding carboxylic acids is 1. The first-order valence-corrected chi connectivity index (χ1v) is 6.51. The molecule has 1 aliphatic rings. The number of hydrogen-bond donors (Lipinski definition) is 3. The number of aromatic nitrogens is 2. The third-order valence-electron chi connectivity index (χ3n) is 3.23. The molecule has 0 unspecified atom stereocenters. The lowest BCUT2D eigenvalue weighted by Gasteiger charge is -2.24. The fraction of sp³-hybridized carbons (Fsp3) is 0.583. The van der Waals surface area contributed by atoms with Gasteiger partial charge in [-0.25, -0.2) is 15.8 Å². The fourth-order valence-electron chi connectivity index (χ4n) is 2.14. The minimum Gasteiger partial charge on any atom is -0.354 e. The third kappa shape index (κ3) is 2.93. The zero-order chi connectivity index (χ0) is 13.8. The number of hydrazine groups is 1. The van der Waals surface area contributed by atoms with Crippen LogP contribution in [0.25, 0.3) is 0 Å². The summed E-state index contributed by atoms with van der Waals surface area (Å²) in [5, 5.41) is 2.86. The Kier molecular flexibility index (Phi) is 4.16. The molecule has 1 aromatic heterocycles. The molecule has 7 heteroatoms. The minimum atomic E-state index is 0.0853. The monoisotopic (exact) mass is 264 g/mol. The van der Waals surface area contributed by atoms with Crippen molar-refractivity contribution in [1.82, 2.24) is 15.3 Å². The molecule has 2 rings (SSSR count). The van der Waals surface area contributed by atoms with Gasteiger partial charge >= 0.3 is 0 Å². The van der Waals surface area contributed by atoms with Gasteiger partial charge in [0.1, 0.15) is 17.5 Å². The van der Waals surface area contributed by atoms with Crippen LogP contribution >= 0.6 is 0 Å². The molecule has 0 atom stereocenters. The Hall–Kier alpha value is -1.89. The molecule has 4 N–H and O–H groups in total. The van der Waals surface area contributed by atoms with Crippen LogP contribution in [0.5, 0.6) is 0 Å². The number of rotatable bonds is 3. The van der Waals surface area contributed by atoms with E-state index >= 15 is 0 Å². The number of aryl methyl sites for hydroxylation is 1. The molecule has 104 valence electrons. The fourth-order valence-corrected chi connectivity index (χ4v) is 2.14. The Morgan fingerprint density at radius 1 is 1.42 bits per heavy atom. The lowest BCUT2D eigenvalue weighted by Crippen LogP contribution is -2.30. The Bertz CT molecular complexity index is 476. The van der Waals surface area contributed by atoms with Crippen LogP contribution in [0.2, 0.25) is 0 Å². The summed E-state index contributed by atoms with van der Waals surface area (Å²) in [6.07, 6.45) is 1.23. The first-order valence-electron chi connectivity index (χ1n) is 6.51. The number of nitrogen functional groups attached to an aromatic ring is 1. The van der Waals surface area contributed by atoms with E-state index in [9.17, 15) is 4.79 Å². The van der Waals surface area contributed by atoms with Gasteiger partial charge in [-0.3, -0.25) is 4.79 Å². The van der Waals surface area contributed by atoms with Crippen LogP contribution < -0.4 is 21.5 Å². The van der Waals surface area contributed by atoms with E-state index in [2.05, 4.69) is 25.6 Å². The van der Waals surface area contributed by atoms with Crippen LogP contribution in [-0.2, 0) is 11.2 Å². The molecule has 0 bridgehead atoms. The lowest BCUT2D eigenvalue weighted by atomic mass is 10.2. The Balaban J connectivity index is 2.34. The van der Waals surface area contributed by atoms with Crippen molar-refractivity contribution in [2.45, 2.75) is 26.7 Å². The molecule has 0 saturated carbocycles. The second-order valence-corrected chi connectivity index (χ2v) is 4.52. The Labute approximate surface area is 112 Å². The first-order chi connectivity index (χ1) is 9.15. The molecule has 1 amide bonds. The number of nitrogens with zero attached hydrogens (tertiary/aromatic N) is 3. The number of hydrogen-bond acceptors (Lipinski definition) is 6. The highest BCUT2D eigenvalue weighted by Crippen LogP contribution is 2.23.